The van der Waals surface area contributed by atoms with E-state index in [2.05, 4.69) is 39.9 Å². The molecule has 1 aromatic heterocycles. The van der Waals surface area contributed by atoms with E-state index in [1.807, 2.05) is 24.3 Å². The van der Waals surface area contributed by atoms with Crippen molar-refractivity contribution < 1.29 is 9.59 Å². The van der Waals surface area contributed by atoms with Crippen LogP contribution in [-0.2, 0) is 12.8 Å². The summed E-state index contributed by atoms with van der Waals surface area (Å²) in [6.45, 7) is 11.1. The van der Waals surface area contributed by atoms with Gasteiger partial charge in [-0.1, -0.05) is 53.2 Å². The summed E-state index contributed by atoms with van der Waals surface area (Å²) in [5.41, 5.74) is 9.29. The summed E-state index contributed by atoms with van der Waals surface area (Å²) in [5, 5.41) is 3.55. The molecule has 0 bridgehead atoms. The summed E-state index contributed by atoms with van der Waals surface area (Å²) in [6, 6.07) is 7.63. The first-order chi connectivity index (χ1) is 13.6. The van der Waals surface area contributed by atoms with Crippen LogP contribution in [0.25, 0.3) is 0 Å². The lowest BCUT2D eigenvalue weighted by atomic mass is 9.69. The number of amides is 2. The molecular weight excluding hydrogens is 380 g/mol. The Balaban J connectivity index is 1.86. The molecule has 1 heterocycles. The van der Waals surface area contributed by atoms with Crippen molar-refractivity contribution in [1.29, 1.82) is 0 Å². The fraction of sp³-hybridized carbons (Fsp3) is 0.500. The number of carbonyl (C=O) groups is 2. The largest absolute Gasteiger partial charge is 0.365 e. The topological polar surface area (TPSA) is 72.2 Å². The van der Waals surface area contributed by atoms with Gasteiger partial charge in [0, 0.05) is 10.4 Å². The quantitative estimate of drug-likeness (QED) is 0.633. The van der Waals surface area contributed by atoms with Crippen molar-refractivity contribution >= 4 is 28.2 Å². The van der Waals surface area contributed by atoms with Gasteiger partial charge in [0.15, 0.2) is 0 Å². The van der Waals surface area contributed by atoms with E-state index >= 15 is 0 Å². The van der Waals surface area contributed by atoms with E-state index < -0.39 is 5.91 Å². The van der Waals surface area contributed by atoms with E-state index in [9.17, 15) is 9.59 Å². The molecule has 4 nitrogen and oxygen atoms in total. The molecule has 3 N–H and O–H groups in total. The van der Waals surface area contributed by atoms with Crippen LogP contribution in [0, 0.1) is 11.3 Å². The van der Waals surface area contributed by atoms with Gasteiger partial charge in [-0.2, -0.15) is 0 Å². The van der Waals surface area contributed by atoms with Crippen molar-refractivity contribution in [3.05, 3.63) is 51.4 Å². The molecular formula is C24H32N2O2S. The third kappa shape index (κ3) is 4.40. The average Bonchev–Trinajstić information content (AvgIpc) is 3.05. The molecule has 29 heavy (non-hydrogen) atoms. The maximum Gasteiger partial charge on any atom is 0.256 e. The highest BCUT2D eigenvalue weighted by atomic mass is 32.1. The monoisotopic (exact) mass is 412 g/mol. The predicted octanol–water partition coefficient (Wildman–Crippen LogP) is 5.76. The molecule has 0 radical (unpaired) electrons. The number of benzene rings is 1. The van der Waals surface area contributed by atoms with E-state index in [0.29, 0.717) is 28.0 Å². The highest BCUT2D eigenvalue weighted by Crippen LogP contribution is 2.45. The molecule has 0 fully saturated rings. The van der Waals surface area contributed by atoms with Crippen LogP contribution in [0.4, 0.5) is 5.00 Å². The highest BCUT2D eigenvalue weighted by molar-refractivity contribution is 7.17. The highest BCUT2D eigenvalue weighted by Gasteiger charge is 2.35. The molecule has 2 amide bonds. The Morgan fingerprint density at radius 1 is 1.24 bits per heavy atom. The van der Waals surface area contributed by atoms with Crippen molar-refractivity contribution in [1.82, 2.24) is 0 Å². The Labute approximate surface area is 177 Å². The van der Waals surface area contributed by atoms with Crippen molar-refractivity contribution in [2.75, 3.05) is 5.32 Å². The van der Waals surface area contributed by atoms with Crippen LogP contribution in [0.1, 0.15) is 90.1 Å². The van der Waals surface area contributed by atoms with E-state index in [-0.39, 0.29) is 11.3 Å². The van der Waals surface area contributed by atoms with E-state index in [1.165, 1.54) is 21.8 Å². The van der Waals surface area contributed by atoms with E-state index in [0.717, 1.165) is 31.2 Å². The van der Waals surface area contributed by atoms with Gasteiger partial charge in [-0.05, 0) is 59.8 Å². The number of nitrogens with one attached hydrogen (secondary N) is 1. The number of carbonyl (C=O) groups excluding carboxylic acids is 2. The van der Waals surface area contributed by atoms with Crippen molar-refractivity contribution in [3.63, 3.8) is 0 Å². The number of thiophene rings is 1. The van der Waals surface area contributed by atoms with Crippen molar-refractivity contribution in [2.24, 2.45) is 17.1 Å². The molecule has 1 aliphatic carbocycles. The second kappa shape index (κ2) is 8.31. The lowest BCUT2D eigenvalue weighted by Gasteiger charge is -2.36. The zero-order valence-electron chi connectivity index (χ0n) is 18.1. The predicted molar refractivity (Wildman–Crippen MR) is 121 cm³/mol. The van der Waals surface area contributed by atoms with Crippen LogP contribution in [0.2, 0.25) is 0 Å². The van der Waals surface area contributed by atoms with Crippen molar-refractivity contribution in [3.8, 4) is 0 Å². The third-order valence-electron chi connectivity index (χ3n) is 6.59. The van der Waals surface area contributed by atoms with Gasteiger partial charge >= 0.3 is 0 Å². The number of hydrogen-bond acceptors (Lipinski definition) is 3. The second-order valence-electron chi connectivity index (χ2n) is 9.08. The number of hydrogen-bond donors (Lipinski definition) is 2. The molecule has 5 heteroatoms. The molecule has 1 aromatic carbocycles. The van der Waals surface area contributed by atoms with Gasteiger partial charge < -0.3 is 11.1 Å². The second-order valence-corrected chi connectivity index (χ2v) is 10.2. The molecule has 0 aliphatic heterocycles. The number of anilines is 1. The molecule has 0 saturated heterocycles. The van der Waals surface area contributed by atoms with Crippen molar-refractivity contribution in [2.45, 2.75) is 66.2 Å². The first-order valence-corrected chi connectivity index (χ1v) is 11.3. The van der Waals surface area contributed by atoms with Crippen LogP contribution in [0.3, 0.4) is 0 Å². The first-order valence-electron chi connectivity index (χ1n) is 10.5. The zero-order valence-corrected chi connectivity index (χ0v) is 18.9. The summed E-state index contributed by atoms with van der Waals surface area (Å²) in [7, 11) is 0. The molecule has 1 aliphatic rings. The third-order valence-corrected chi connectivity index (χ3v) is 7.76. The van der Waals surface area contributed by atoms with Crippen LogP contribution in [-0.4, -0.2) is 11.8 Å². The van der Waals surface area contributed by atoms with Gasteiger partial charge in [-0.15, -0.1) is 11.3 Å². The van der Waals surface area contributed by atoms with Crippen LogP contribution >= 0.6 is 11.3 Å². The maximum atomic E-state index is 12.8. The Morgan fingerprint density at radius 3 is 2.45 bits per heavy atom. The fourth-order valence-electron chi connectivity index (χ4n) is 4.09. The molecule has 1 unspecified atom stereocenters. The number of primary amides is 1. The standard InChI is InChI=1S/C24H32N2O2S/c1-6-24(4,5)17-11-12-18-19(13-17)29-23(20(18)21(25)27)26-22(28)16-9-7-15(8-10-16)14(2)3/h7-10,14,17H,6,11-13H2,1-5H3,(H2,25,27)(H,26,28). The zero-order chi connectivity index (χ0) is 21.3. The summed E-state index contributed by atoms with van der Waals surface area (Å²) < 4.78 is 0. The Kier molecular flexibility index (Phi) is 6.18. The summed E-state index contributed by atoms with van der Waals surface area (Å²) in [6.07, 6.45) is 3.96. The van der Waals surface area contributed by atoms with E-state index in [4.69, 9.17) is 5.73 Å². The minimum atomic E-state index is -0.457. The minimum absolute atomic E-state index is 0.202. The van der Waals surface area contributed by atoms with Gasteiger partial charge in [-0.3, -0.25) is 9.59 Å². The Hall–Kier alpha value is -2.14. The smallest absolute Gasteiger partial charge is 0.256 e. The Bertz CT molecular complexity index is 910. The molecule has 156 valence electrons. The lowest BCUT2D eigenvalue weighted by molar-refractivity contribution is 0.0999. The summed E-state index contributed by atoms with van der Waals surface area (Å²) in [4.78, 5) is 26.2. The molecule has 0 saturated carbocycles. The van der Waals surface area contributed by atoms with Crippen LogP contribution in [0.15, 0.2) is 24.3 Å². The van der Waals surface area contributed by atoms with Gasteiger partial charge in [0.25, 0.3) is 11.8 Å². The number of fused-ring (bicyclic) bond motifs is 1. The fourth-order valence-corrected chi connectivity index (χ4v) is 5.41. The van der Waals surface area contributed by atoms with E-state index in [1.54, 1.807) is 0 Å². The molecule has 1 atom stereocenters. The number of rotatable bonds is 6. The van der Waals surface area contributed by atoms with Crippen LogP contribution in [0.5, 0.6) is 0 Å². The normalized spacial score (nSPS) is 16.6. The molecule has 0 spiro atoms. The maximum absolute atomic E-state index is 12.8. The van der Waals surface area contributed by atoms with Gasteiger partial charge in [0.2, 0.25) is 0 Å². The van der Waals surface area contributed by atoms with Crippen LogP contribution < -0.4 is 11.1 Å². The average molecular weight is 413 g/mol. The first kappa shape index (κ1) is 21.6. The SMILES string of the molecule is CCC(C)(C)C1CCc2c(sc(NC(=O)c3ccc(C(C)C)cc3)c2C(N)=O)C1. The molecule has 3 rings (SSSR count). The minimum Gasteiger partial charge on any atom is -0.365 e. The Morgan fingerprint density at radius 2 is 1.90 bits per heavy atom. The number of nitrogens with two attached hydrogens (primary N) is 1. The molecule has 2 aromatic rings. The van der Waals surface area contributed by atoms with Gasteiger partial charge in [0.1, 0.15) is 5.00 Å². The van der Waals surface area contributed by atoms with Gasteiger partial charge in [0.05, 0.1) is 5.56 Å². The lowest BCUT2D eigenvalue weighted by Crippen LogP contribution is -2.29. The van der Waals surface area contributed by atoms with Gasteiger partial charge in [-0.25, -0.2) is 0 Å². The summed E-state index contributed by atoms with van der Waals surface area (Å²) in [5.74, 6) is 0.331. The summed E-state index contributed by atoms with van der Waals surface area (Å²) >= 11 is 1.52.